The van der Waals surface area contributed by atoms with Crippen LogP contribution < -0.4 is 14.4 Å². The quantitative estimate of drug-likeness (QED) is 0.577. The highest BCUT2D eigenvalue weighted by Gasteiger charge is 2.25. The Morgan fingerprint density at radius 1 is 1.17 bits per heavy atom. The third-order valence-corrected chi connectivity index (χ3v) is 6.25. The fraction of sp³-hybridized carbons (Fsp3) is 0.381. The van der Waals surface area contributed by atoms with Crippen molar-refractivity contribution in [1.82, 2.24) is 14.9 Å². The summed E-state index contributed by atoms with van der Waals surface area (Å²) >= 11 is 1.45. The molecule has 2 aliphatic heterocycles. The number of hydrogen-bond acceptors (Lipinski definition) is 9. The van der Waals surface area contributed by atoms with Crippen LogP contribution in [0.5, 0.6) is 11.5 Å². The minimum absolute atomic E-state index is 0.293. The number of piperazine rings is 1. The Balaban J connectivity index is 1.30. The lowest BCUT2D eigenvalue weighted by Crippen LogP contribution is -2.46. The number of ether oxygens (including phenoxy) is 3. The molecule has 0 N–H and O–H groups in total. The fourth-order valence-corrected chi connectivity index (χ4v) is 4.74. The van der Waals surface area contributed by atoms with E-state index in [1.165, 1.54) is 16.9 Å². The number of hydrogen-bond donors (Lipinski definition) is 0. The minimum atomic E-state index is -0.318. The van der Waals surface area contributed by atoms with Gasteiger partial charge >= 0.3 is 5.97 Å². The number of fused-ring (bicyclic) bond motifs is 2. The molecule has 0 bridgehead atoms. The van der Waals surface area contributed by atoms with Crippen LogP contribution in [-0.4, -0.2) is 60.4 Å². The molecular weight excluding hydrogens is 404 g/mol. The van der Waals surface area contributed by atoms with Gasteiger partial charge < -0.3 is 19.1 Å². The number of carbonyl (C=O) groups is 1. The van der Waals surface area contributed by atoms with Crippen LogP contribution in [0.1, 0.15) is 22.8 Å². The summed E-state index contributed by atoms with van der Waals surface area (Å²) in [4.78, 5) is 26.7. The highest BCUT2D eigenvalue weighted by Crippen LogP contribution is 2.34. The molecule has 0 amide bonds. The highest BCUT2D eigenvalue weighted by atomic mass is 32.1. The standard InChI is InChI=1S/C21H22N4O4S/c1-2-27-21(26)15-11-30-20-18(15)19(22-12-23-20)25-7-5-24(6-8-25)10-14-3-4-16-17(9-14)29-13-28-16/h3-4,9,11-12H,2,5-8,10,13H2,1H3. The third kappa shape index (κ3) is 3.54. The van der Waals surface area contributed by atoms with Crippen LogP contribution in [0.3, 0.4) is 0 Å². The van der Waals surface area contributed by atoms with E-state index in [4.69, 9.17) is 14.2 Å². The Labute approximate surface area is 178 Å². The molecule has 0 radical (unpaired) electrons. The number of nitrogens with zero attached hydrogens (tertiary/aromatic N) is 4. The molecule has 2 aliphatic rings. The maximum absolute atomic E-state index is 12.4. The van der Waals surface area contributed by atoms with Crippen molar-refractivity contribution >= 4 is 33.3 Å². The summed E-state index contributed by atoms with van der Waals surface area (Å²) in [5, 5.41) is 2.61. The topological polar surface area (TPSA) is 77.0 Å². The SMILES string of the molecule is CCOC(=O)c1csc2ncnc(N3CCN(Cc4ccc5c(c4)OCO5)CC3)c12. The Kier molecular flexibility index (Phi) is 5.14. The van der Waals surface area contributed by atoms with Gasteiger partial charge in [0.1, 0.15) is 17.0 Å². The zero-order chi connectivity index (χ0) is 20.5. The van der Waals surface area contributed by atoms with Crippen molar-refractivity contribution in [3.8, 4) is 11.5 Å². The van der Waals surface area contributed by atoms with E-state index < -0.39 is 0 Å². The van der Waals surface area contributed by atoms with E-state index in [-0.39, 0.29) is 5.97 Å². The van der Waals surface area contributed by atoms with Crippen molar-refractivity contribution in [1.29, 1.82) is 0 Å². The van der Waals surface area contributed by atoms with E-state index in [1.54, 1.807) is 6.33 Å². The monoisotopic (exact) mass is 426 g/mol. The second kappa shape index (κ2) is 8.08. The smallest absolute Gasteiger partial charge is 0.339 e. The number of esters is 1. The average molecular weight is 426 g/mol. The summed E-state index contributed by atoms with van der Waals surface area (Å²) in [5.41, 5.74) is 1.76. The molecular formula is C21H22N4O4S. The van der Waals surface area contributed by atoms with Gasteiger partial charge in [0.05, 0.1) is 17.6 Å². The van der Waals surface area contributed by atoms with Crippen LogP contribution in [0.4, 0.5) is 5.82 Å². The molecule has 5 rings (SSSR count). The zero-order valence-corrected chi connectivity index (χ0v) is 17.5. The highest BCUT2D eigenvalue weighted by molar-refractivity contribution is 7.17. The van der Waals surface area contributed by atoms with Crippen molar-refractivity contribution in [3.05, 3.63) is 41.0 Å². The van der Waals surface area contributed by atoms with E-state index in [1.807, 2.05) is 18.4 Å². The van der Waals surface area contributed by atoms with Gasteiger partial charge in [-0.3, -0.25) is 4.90 Å². The minimum Gasteiger partial charge on any atom is -0.462 e. The second-order valence-electron chi connectivity index (χ2n) is 7.20. The molecule has 1 aromatic carbocycles. The summed E-state index contributed by atoms with van der Waals surface area (Å²) in [5.74, 6) is 2.12. The maximum atomic E-state index is 12.4. The first-order chi connectivity index (χ1) is 14.7. The zero-order valence-electron chi connectivity index (χ0n) is 16.7. The van der Waals surface area contributed by atoms with E-state index in [0.717, 1.165) is 60.3 Å². The van der Waals surface area contributed by atoms with Crippen LogP contribution in [-0.2, 0) is 11.3 Å². The molecule has 0 saturated carbocycles. The van der Waals surface area contributed by atoms with Crippen LogP contribution in [0.2, 0.25) is 0 Å². The van der Waals surface area contributed by atoms with Gasteiger partial charge in [-0.1, -0.05) is 6.07 Å². The van der Waals surface area contributed by atoms with Crippen molar-refractivity contribution in [3.63, 3.8) is 0 Å². The van der Waals surface area contributed by atoms with E-state index >= 15 is 0 Å². The Morgan fingerprint density at radius 2 is 2.00 bits per heavy atom. The van der Waals surface area contributed by atoms with Gasteiger partial charge in [-0.25, -0.2) is 14.8 Å². The summed E-state index contributed by atoms with van der Waals surface area (Å²) in [7, 11) is 0. The molecule has 1 fully saturated rings. The summed E-state index contributed by atoms with van der Waals surface area (Å²) in [6.45, 7) is 6.76. The number of thiophene rings is 1. The van der Waals surface area contributed by atoms with Gasteiger partial charge in [-0.15, -0.1) is 11.3 Å². The molecule has 0 spiro atoms. The van der Waals surface area contributed by atoms with E-state index in [9.17, 15) is 4.79 Å². The first kappa shape index (κ1) is 19.1. The number of carbonyl (C=O) groups excluding carboxylic acids is 1. The first-order valence-electron chi connectivity index (χ1n) is 9.98. The van der Waals surface area contributed by atoms with Gasteiger partial charge in [0, 0.05) is 38.1 Å². The molecule has 0 unspecified atom stereocenters. The lowest BCUT2D eigenvalue weighted by Gasteiger charge is -2.35. The van der Waals surface area contributed by atoms with Crippen LogP contribution >= 0.6 is 11.3 Å². The number of benzene rings is 1. The molecule has 0 atom stereocenters. The molecule has 0 aliphatic carbocycles. The lowest BCUT2D eigenvalue weighted by molar-refractivity contribution is 0.0529. The lowest BCUT2D eigenvalue weighted by atomic mass is 10.1. The molecule has 3 aromatic rings. The second-order valence-corrected chi connectivity index (χ2v) is 8.06. The van der Waals surface area contributed by atoms with Crippen LogP contribution in [0.15, 0.2) is 29.9 Å². The van der Waals surface area contributed by atoms with E-state index in [2.05, 4.69) is 31.9 Å². The molecule has 30 heavy (non-hydrogen) atoms. The van der Waals surface area contributed by atoms with Crippen molar-refractivity contribution in [2.75, 3.05) is 44.5 Å². The van der Waals surface area contributed by atoms with Crippen molar-refractivity contribution in [2.24, 2.45) is 0 Å². The fourth-order valence-electron chi connectivity index (χ4n) is 3.87. The van der Waals surface area contributed by atoms with Crippen molar-refractivity contribution < 1.29 is 19.0 Å². The largest absolute Gasteiger partial charge is 0.462 e. The number of anilines is 1. The number of aromatic nitrogens is 2. The van der Waals surface area contributed by atoms with Crippen molar-refractivity contribution in [2.45, 2.75) is 13.5 Å². The van der Waals surface area contributed by atoms with Crippen LogP contribution in [0, 0.1) is 0 Å². The Hall–Kier alpha value is -2.91. The molecule has 8 nitrogen and oxygen atoms in total. The number of rotatable bonds is 5. The van der Waals surface area contributed by atoms with Gasteiger partial charge in [0.15, 0.2) is 11.5 Å². The molecule has 156 valence electrons. The predicted molar refractivity (Wildman–Crippen MR) is 113 cm³/mol. The molecule has 9 heteroatoms. The summed E-state index contributed by atoms with van der Waals surface area (Å²) in [6, 6.07) is 6.11. The van der Waals surface area contributed by atoms with Crippen LogP contribution in [0.25, 0.3) is 10.2 Å². The Morgan fingerprint density at radius 3 is 2.83 bits per heavy atom. The molecule has 1 saturated heterocycles. The van der Waals surface area contributed by atoms with Gasteiger partial charge in [-0.2, -0.15) is 0 Å². The molecule has 4 heterocycles. The summed E-state index contributed by atoms with van der Waals surface area (Å²) < 4.78 is 16.1. The summed E-state index contributed by atoms with van der Waals surface area (Å²) in [6.07, 6.45) is 1.57. The average Bonchev–Trinajstić information content (AvgIpc) is 3.41. The van der Waals surface area contributed by atoms with Gasteiger partial charge in [-0.05, 0) is 24.6 Å². The Bertz CT molecular complexity index is 1080. The third-order valence-electron chi connectivity index (χ3n) is 5.36. The first-order valence-corrected chi connectivity index (χ1v) is 10.9. The van der Waals surface area contributed by atoms with E-state index in [0.29, 0.717) is 19.0 Å². The van der Waals surface area contributed by atoms with Gasteiger partial charge in [0.25, 0.3) is 0 Å². The maximum Gasteiger partial charge on any atom is 0.339 e. The predicted octanol–water partition coefficient (Wildman–Crippen LogP) is 2.92. The van der Waals surface area contributed by atoms with Gasteiger partial charge in [0.2, 0.25) is 6.79 Å². The normalized spacial score (nSPS) is 16.2. The molecule has 2 aromatic heterocycles.